The molecule has 0 aliphatic heterocycles. The van der Waals surface area contributed by atoms with E-state index < -0.39 is 0 Å². The molecular formula is C21H24ClN3O2S. The zero-order chi connectivity index (χ0) is 20.3. The van der Waals surface area contributed by atoms with E-state index in [1.807, 2.05) is 45.3 Å². The highest BCUT2D eigenvalue weighted by molar-refractivity contribution is 7.22. The number of aryl methyl sites for hydroxylation is 1. The Bertz CT molecular complexity index is 987. The van der Waals surface area contributed by atoms with Crippen LogP contribution in [-0.2, 0) is 0 Å². The van der Waals surface area contributed by atoms with Crippen molar-refractivity contribution in [1.82, 2.24) is 9.88 Å². The normalized spacial score (nSPS) is 11.2. The number of amides is 1. The Morgan fingerprint density at radius 2 is 2.00 bits per heavy atom. The first-order chi connectivity index (χ1) is 13.4. The first kappa shape index (κ1) is 20.6. The first-order valence-electron chi connectivity index (χ1n) is 9.06. The monoisotopic (exact) mass is 417 g/mol. The van der Waals surface area contributed by atoms with E-state index in [-0.39, 0.29) is 5.91 Å². The molecule has 0 fully saturated rings. The van der Waals surface area contributed by atoms with Crippen molar-refractivity contribution in [3.63, 3.8) is 0 Å². The molecule has 0 atom stereocenters. The van der Waals surface area contributed by atoms with Gasteiger partial charge in [-0.1, -0.05) is 29.0 Å². The molecule has 5 nitrogen and oxygen atoms in total. The molecule has 1 aromatic heterocycles. The lowest BCUT2D eigenvalue weighted by atomic mass is 10.2. The summed E-state index contributed by atoms with van der Waals surface area (Å²) in [4.78, 5) is 21.9. The van der Waals surface area contributed by atoms with Crippen LogP contribution in [0.25, 0.3) is 10.2 Å². The summed E-state index contributed by atoms with van der Waals surface area (Å²) in [6.45, 7) is 3.45. The van der Waals surface area contributed by atoms with Crippen LogP contribution in [0.4, 0.5) is 5.13 Å². The summed E-state index contributed by atoms with van der Waals surface area (Å²) in [5.74, 6) is 0.575. The molecule has 0 spiro atoms. The van der Waals surface area contributed by atoms with Crippen LogP contribution in [0.3, 0.4) is 0 Å². The molecule has 28 heavy (non-hydrogen) atoms. The summed E-state index contributed by atoms with van der Waals surface area (Å²) in [7, 11) is 5.65. The van der Waals surface area contributed by atoms with Crippen LogP contribution < -0.4 is 9.64 Å². The van der Waals surface area contributed by atoms with Crippen molar-refractivity contribution in [2.75, 3.05) is 39.2 Å². The Balaban J connectivity index is 1.98. The molecule has 0 saturated heterocycles. The molecule has 0 bridgehead atoms. The maximum Gasteiger partial charge on any atom is 0.260 e. The van der Waals surface area contributed by atoms with E-state index in [4.69, 9.17) is 21.3 Å². The van der Waals surface area contributed by atoms with E-state index in [2.05, 4.69) is 4.90 Å². The van der Waals surface area contributed by atoms with Crippen molar-refractivity contribution in [2.24, 2.45) is 0 Å². The number of aromatic nitrogens is 1. The van der Waals surface area contributed by atoms with Gasteiger partial charge >= 0.3 is 0 Å². The van der Waals surface area contributed by atoms with Crippen molar-refractivity contribution >= 4 is 44.2 Å². The van der Waals surface area contributed by atoms with Gasteiger partial charge in [0.1, 0.15) is 5.75 Å². The molecule has 1 heterocycles. The molecular weight excluding hydrogens is 394 g/mol. The average molecular weight is 418 g/mol. The van der Waals surface area contributed by atoms with Crippen LogP contribution in [0.15, 0.2) is 36.4 Å². The molecule has 0 saturated carbocycles. The van der Waals surface area contributed by atoms with E-state index in [1.54, 1.807) is 24.1 Å². The molecule has 0 aliphatic carbocycles. The predicted octanol–water partition coefficient (Wildman–Crippen LogP) is 4.87. The number of ether oxygens (including phenoxy) is 1. The van der Waals surface area contributed by atoms with Gasteiger partial charge in [-0.05, 0) is 69.9 Å². The van der Waals surface area contributed by atoms with E-state index in [9.17, 15) is 4.79 Å². The molecule has 0 unspecified atom stereocenters. The number of fused-ring (bicyclic) bond motifs is 1. The minimum atomic E-state index is -0.0829. The van der Waals surface area contributed by atoms with Gasteiger partial charge in [0, 0.05) is 17.1 Å². The third-order valence-electron chi connectivity index (χ3n) is 4.42. The minimum Gasteiger partial charge on any atom is -0.497 e. The summed E-state index contributed by atoms with van der Waals surface area (Å²) >= 11 is 7.69. The van der Waals surface area contributed by atoms with Gasteiger partial charge < -0.3 is 9.64 Å². The SMILES string of the molecule is COc1cccc(C(=O)N(CCCN(C)C)c2nc3c(C)cc(Cl)cc3s2)c1. The van der Waals surface area contributed by atoms with E-state index in [0.29, 0.717) is 28.0 Å². The lowest BCUT2D eigenvalue weighted by Gasteiger charge is -2.21. The van der Waals surface area contributed by atoms with Crippen LogP contribution >= 0.6 is 22.9 Å². The van der Waals surface area contributed by atoms with Crippen molar-refractivity contribution < 1.29 is 9.53 Å². The molecule has 0 aliphatic rings. The van der Waals surface area contributed by atoms with Gasteiger partial charge in [-0.25, -0.2) is 4.98 Å². The third-order valence-corrected chi connectivity index (χ3v) is 5.66. The molecule has 3 aromatic rings. The Kier molecular flexibility index (Phi) is 6.54. The number of halogens is 1. The molecule has 7 heteroatoms. The van der Waals surface area contributed by atoms with Gasteiger partial charge in [-0.2, -0.15) is 0 Å². The summed E-state index contributed by atoms with van der Waals surface area (Å²) in [6.07, 6.45) is 0.846. The standard InChI is InChI=1S/C21H24ClN3O2S/c1-14-11-16(22)13-18-19(14)23-21(28-18)25(10-6-9-24(2)3)20(26)15-7-5-8-17(12-15)27-4/h5,7-8,11-13H,6,9-10H2,1-4H3. The fourth-order valence-electron chi connectivity index (χ4n) is 3.00. The Morgan fingerprint density at radius 3 is 2.71 bits per heavy atom. The number of benzene rings is 2. The predicted molar refractivity (Wildman–Crippen MR) is 117 cm³/mol. The molecule has 3 rings (SSSR count). The lowest BCUT2D eigenvalue weighted by Crippen LogP contribution is -2.33. The molecule has 1 amide bonds. The van der Waals surface area contributed by atoms with E-state index >= 15 is 0 Å². The fourth-order valence-corrected chi connectivity index (χ4v) is 4.44. The second-order valence-corrected chi connectivity index (χ2v) is 8.36. The molecule has 2 aromatic carbocycles. The maximum absolute atomic E-state index is 13.3. The minimum absolute atomic E-state index is 0.0829. The van der Waals surface area contributed by atoms with Crippen LogP contribution in [0.2, 0.25) is 5.02 Å². The average Bonchev–Trinajstić information content (AvgIpc) is 3.08. The zero-order valence-electron chi connectivity index (χ0n) is 16.5. The topological polar surface area (TPSA) is 45.7 Å². The number of methoxy groups -OCH3 is 1. The van der Waals surface area contributed by atoms with Crippen LogP contribution in [0.1, 0.15) is 22.3 Å². The van der Waals surface area contributed by atoms with Gasteiger partial charge in [0.05, 0.1) is 17.3 Å². The van der Waals surface area contributed by atoms with Crippen LogP contribution in [-0.4, -0.2) is 50.1 Å². The van der Waals surface area contributed by atoms with Gasteiger partial charge in [-0.3, -0.25) is 9.69 Å². The Morgan fingerprint density at radius 1 is 1.21 bits per heavy atom. The number of hydrogen-bond donors (Lipinski definition) is 0. The Labute approximate surface area is 174 Å². The highest BCUT2D eigenvalue weighted by Gasteiger charge is 2.22. The zero-order valence-corrected chi connectivity index (χ0v) is 18.1. The van der Waals surface area contributed by atoms with E-state index in [0.717, 1.165) is 28.7 Å². The summed E-state index contributed by atoms with van der Waals surface area (Å²) in [6, 6.07) is 11.0. The fraction of sp³-hybridized carbons (Fsp3) is 0.333. The number of rotatable bonds is 7. The number of thiazole rings is 1. The number of carbonyl (C=O) groups is 1. The third kappa shape index (κ3) is 4.63. The highest BCUT2D eigenvalue weighted by Crippen LogP contribution is 2.34. The van der Waals surface area contributed by atoms with E-state index in [1.165, 1.54) is 11.3 Å². The van der Waals surface area contributed by atoms with Crippen molar-refractivity contribution in [3.8, 4) is 5.75 Å². The quantitative estimate of drug-likeness (QED) is 0.550. The largest absolute Gasteiger partial charge is 0.497 e. The van der Waals surface area contributed by atoms with Gasteiger partial charge in [0.15, 0.2) is 5.13 Å². The van der Waals surface area contributed by atoms with Crippen LogP contribution in [0, 0.1) is 6.92 Å². The summed E-state index contributed by atoms with van der Waals surface area (Å²) < 4.78 is 6.26. The molecule has 0 N–H and O–H groups in total. The number of nitrogens with zero attached hydrogens (tertiary/aromatic N) is 3. The lowest BCUT2D eigenvalue weighted by molar-refractivity contribution is 0.0985. The smallest absolute Gasteiger partial charge is 0.260 e. The van der Waals surface area contributed by atoms with Gasteiger partial charge in [0.2, 0.25) is 0 Å². The molecule has 148 valence electrons. The van der Waals surface area contributed by atoms with Crippen molar-refractivity contribution in [3.05, 3.63) is 52.5 Å². The molecule has 0 radical (unpaired) electrons. The maximum atomic E-state index is 13.3. The summed E-state index contributed by atoms with van der Waals surface area (Å²) in [5, 5.41) is 1.37. The highest BCUT2D eigenvalue weighted by atomic mass is 35.5. The van der Waals surface area contributed by atoms with Crippen molar-refractivity contribution in [2.45, 2.75) is 13.3 Å². The van der Waals surface area contributed by atoms with Gasteiger partial charge in [0.25, 0.3) is 5.91 Å². The number of anilines is 1. The summed E-state index contributed by atoms with van der Waals surface area (Å²) in [5.41, 5.74) is 2.48. The van der Waals surface area contributed by atoms with Crippen molar-refractivity contribution in [1.29, 1.82) is 0 Å². The first-order valence-corrected chi connectivity index (χ1v) is 10.3. The number of carbonyl (C=O) groups excluding carboxylic acids is 1. The Hall–Kier alpha value is -2.15. The van der Waals surface area contributed by atoms with Gasteiger partial charge in [-0.15, -0.1) is 0 Å². The second kappa shape index (κ2) is 8.90. The number of hydrogen-bond acceptors (Lipinski definition) is 5. The van der Waals surface area contributed by atoms with Crippen LogP contribution in [0.5, 0.6) is 5.75 Å². The second-order valence-electron chi connectivity index (χ2n) is 6.91.